The van der Waals surface area contributed by atoms with E-state index >= 15 is 0 Å². The van der Waals surface area contributed by atoms with E-state index in [4.69, 9.17) is 16.3 Å². The number of phenols is 1. The summed E-state index contributed by atoms with van der Waals surface area (Å²) in [5.74, 6) is 0.961. The van der Waals surface area contributed by atoms with Crippen molar-refractivity contribution >= 4 is 23.2 Å². The monoisotopic (exact) mass is 389 g/mol. The zero-order valence-electron chi connectivity index (χ0n) is 15.3. The summed E-state index contributed by atoms with van der Waals surface area (Å²) in [7, 11) is 1.60. The van der Waals surface area contributed by atoms with Gasteiger partial charge >= 0.3 is 0 Å². The topological polar surface area (TPSA) is 65.0 Å². The molecule has 0 unspecified atom stereocenters. The number of rotatable bonds is 6. The summed E-state index contributed by atoms with van der Waals surface area (Å²) in [5.41, 5.74) is 1.94. The molecule has 1 aliphatic rings. The highest BCUT2D eigenvalue weighted by Gasteiger charge is 2.19. The van der Waals surface area contributed by atoms with Gasteiger partial charge in [-0.1, -0.05) is 11.6 Å². The van der Waals surface area contributed by atoms with E-state index in [1.165, 1.54) is 0 Å². The molecule has 3 rings (SSSR count). The standard InChI is InChI=1S/C20H24ClN3O3/c1-27-19-7-2-16(21)12-15(19)13-22-20(26)14-23-8-10-24(11-9-23)17-3-5-18(25)6-4-17/h2-7,12,25H,8-11,13-14H2,1H3,(H,22,26). The highest BCUT2D eigenvalue weighted by molar-refractivity contribution is 6.30. The molecule has 1 aliphatic heterocycles. The Balaban J connectivity index is 1.46. The first kappa shape index (κ1) is 19.3. The van der Waals surface area contributed by atoms with Crippen molar-refractivity contribution in [1.29, 1.82) is 0 Å². The molecule has 27 heavy (non-hydrogen) atoms. The second-order valence-corrected chi connectivity index (χ2v) is 6.95. The third-order valence-electron chi connectivity index (χ3n) is 4.67. The molecule has 2 aromatic rings. The number of ether oxygens (including phenoxy) is 1. The number of hydrogen-bond donors (Lipinski definition) is 2. The number of nitrogens with zero attached hydrogens (tertiary/aromatic N) is 2. The number of halogens is 1. The number of benzene rings is 2. The van der Waals surface area contributed by atoms with Gasteiger partial charge in [0.15, 0.2) is 0 Å². The van der Waals surface area contributed by atoms with Crippen LogP contribution in [0.5, 0.6) is 11.5 Å². The average molecular weight is 390 g/mol. The molecule has 7 heteroatoms. The Kier molecular flexibility index (Phi) is 6.42. The SMILES string of the molecule is COc1ccc(Cl)cc1CNC(=O)CN1CCN(c2ccc(O)cc2)CC1. The van der Waals surface area contributed by atoms with Crippen molar-refractivity contribution in [3.05, 3.63) is 53.1 Å². The molecule has 1 saturated heterocycles. The fourth-order valence-electron chi connectivity index (χ4n) is 3.17. The normalized spacial score (nSPS) is 14.8. The van der Waals surface area contributed by atoms with Crippen molar-refractivity contribution in [3.63, 3.8) is 0 Å². The quantitative estimate of drug-likeness (QED) is 0.794. The summed E-state index contributed by atoms with van der Waals surface area (Å²) in [6, 6.07) is 12.6. The van der Waals surface area contributed by atoms with Crippen molar-refractivity contribution in [3.8, 4) is 11.5 Å². The predicted octanol–water partition coefficient (Wildman–Crippen LogP) is 2.49. The Bertz CT molecular complexity index is 775. The average Bonchev–Trinajstić information content (AvgIpc) is 2.68. The summed E-state index contributed by atoms with van der Waals surface area (Å²) >= 11 is 6.02. The lowest BCUT2D eigenvalue weighted by molar-refractivity contribution is -0.122. The van der Waals surface area contributed by atoms with Crippen molar-refractivity contribution in [2.75, 3.05) is 44.7 Å². The van der Waals surface area contributed by atoms with Crippen LogP contribution in [0, 0.1) is 0 Å². The second-order valence-electron chi connectivity index (χ2n) is 6.51. The molecule has 2 aromatic carbocycles. The molecule has 6 nitrogen and oxygen atoms in total. The summed E-state index contributed by atoms with van der Waals surface area (Å²) < 4.78 is 5.30. The molecule has 1 heterocycles. The number of aromatic hydroxyl groups is 1. The van der Waals surface area contributed by atoms with E-state index in [0.717, 1.165) is 37.4 Å². The minimum Gasteiger partial charge on any atom is -0.508 e. The first-order valence-electron chi connectivity index (χ1n) is 8.90. The lowest BCUT2D eigenvalue weighted by Gasteiger charge is -2.35. The van der Waals surface area contributed by atoms with E-state index in [1.54, 1.807) is 37.4 Å². The summed E-state index contributed by atoms with van der Waals surface area (Å²) in [4.78, 5) is 16.7. The summed E-state index contributed by atoms with van der Waals surface area (Å²) in [6.07, 6.45) is 0. The van der Waals surface area contributed by atoms with Gasteiger partial charge in [-0.15, -0.1) is 0 Å². The summed E-state index contributed by atoms with van der Waals surface area (Å²) in [5, 5.41) is 12.9. The third-order valence-corrected chi connectivity index (χ3v) is 4.91. The van der Waals surface area contributed by atoms with Gasteiger partial charge in [-0.2, -0.15) is 0 Å². The van der Waals surface area contributed by atoms with Crippen molar-refractivity contribution < 1.29 is 14.6 Å². The van der Waals surface area contributed by atoms with Crippen LogP contribution in [0.1, 0.15) is 5.56 Å². The van der Waals surface area contributed by atoms with Crippen LogP contribution in [0.2, 0.25) is 5.02 Å². The largest absolute Gasteiger partial charge is 0.508 e. The van der Waals surface area contributed by atoms with Crippen LogP contribution in [0.3, 0.4) is 0 Å². The van der Waals surface area contributed by atoms with E-state index in [-0.39, 0.29) is 11.7 Å². The minimum atomic E-state index is -0.0184. The molecule has 144 valence electrons. The number of piperazine rings is 1. The summed E-state index contributed by atoms with van der Waals surface area (Å²) in [6.45, 7) is 4.08. The number of nitrogens with one attached hydrogen (secondary N) is 1. The van der Waals surface area contributed by atoms with Crippen molar-refractivity contribution in [1.82, 2.24) is 10.2 Å². The Labute approximate surface area is 164 Å². The number of methoxy groups -OCH3 is 1. The van der Waals surface area contributed by atoms with Gasteiger partial charge in [0, 0.05) is 49.0 Å². The fraction of sp³-hybridized carbons (Fsp3) is 0.350. The second kappa shape index (κ2) is 8.97. The molecule has 1 fully saturated rings. The van der Waals surface area contributed by atoms with Crippen LogP contribution >= 0.6 is 11.6 Å². The fourth-order valence-corrected chi connectivity index (χ4v) is 3.36. The molecule has 0 bridgehead atoms. The Morgan fingerprint density at radius 3 is 2.52 bits per heavy atom. The van der Waals surface area contributed by atoms with Crippen LogP contribution in [0.15, 0.2) is 42.5 Å². The van der Waals surface area contributed by atoms with E-state index in [9.17, 15) is 9.90 Å². The molecule has 0 spiro atoms. The van der Waals surface area contributed by atoms with Gasteiger partial charge in [0.05, 0.1) is 13.7 Å². The minimum absolute atomic E-state index is 0.0184. The highest BCUT2D eigenvalue weighted by atomic mass is 35.5. The van der Waals surface area contributed by atoms with Crippen LogP contribution in [0.25, 0.3) is 0 Å². The molecule has 2 N–H and O–H groups in total. The van der Waals surface area contributed by atoms with E-state index in [1.807, 2.05) is 12.1 Å². The van der Waals surface area contributed by atoms with Gasteiger partial charge in [-0.25, -0.2) is 0 Å². The predicted molar refractivity (Wildman–Crippen MR) is 107 cm³/mol. The molecule has 0 saturated carbocycles. The first-order chi connectivity index (χ1) is 13.0. The first-order valence-corrected chi connectivity index (χ1v) is 9.28. The Morgan fingerprint density at radius 2 is 1.85 bits per heavy atom. The maximum Gasteiger partial charge on any atom is 0.234 e. The zero-order chi connectivity index (χ0) is 19.2. The Morgan fingerprint density at radius 1 is 1.15 bits per heavy atom. The molecule has 0 atom stereocenters. The van der Waals surface area contributed by atoms with Crippen LogP contribution in [-0.2, 0) is 11.3 Å². The van der Waals surface area contributed by atoms with E-state index < -0.39 is 0 Å². The molecule has 0 aliphatic carbocycles. The van der Waals surface area contributed by atoms with Crippen LogP contribution in [-0.4, -0.2) is 55.7 Å². The number of anilines is 1. The van der Waals surface area contributed by atoms with Gasteiger partial charge in [-0.05, 0) is 42.5 Å². The zero-order valence-corrected chi connectivity index (χ0v) is 16.1. The third kappa shape index (κ3) is 5.28. The number of carbonyl (C=O) groups excluding carboxylic acids is 1. The highest BCUT2D eigenvalue weighted by Crippen LogP contribution is 2.22. The molecule has 0 aromatic heterocycles. The molecular formula is C20H24ClN3O3. The van der Waals surface area contributed by atoms with Crippen molar-refractivity contribution in [2.45, 2.75) is 6.54 Å². The number of amides is 1. The van der Waals surface area contributed by atoms with E-state index in [2.05, 4.69) is 15.1 Å². The smallest absolute Gasteiger partial charge is 0.234 e. The maximum atomic E-state index is 12.3. The van der Waals surface area contributed by atoms with Gasteiger partial charge in [0.25, 0.3) is 0 Å². The number of phenolic OH excluding ortho intramolecular Hbond substituents is 1. The van der Waals surface area contributed by atoms with Crippen LogP contribution < -0.4 is 15.0 Å². The molecule has 1 amide bonds. The Hall–Kier alpha value is -2.44. The van der Waals surface area contributed by atoms with E-state index in [0.29, 0.717) is 23.9 Å². The van der Waals surface area contributed by atoms with Crippen LogP contribution in [0.4, 0.5) is 5.69 Å². The van der Waals surface area contributed by atoms with Gasteiger partial charge in [-0.3, -0.25) is 9.69 Å². The molecular weight excluding hydrogens is 366 g/mol. The number of hydrogen-bond acceptors (Lipinski definition) is 5. The van der Waals surface area contributed by atoms with Crippen molar-refractivity contribution in [2.24, 2.45) is 0 Å². The maximum absolute atomic E-state index is 12.3. The van der Waals surface area contributed by atoms with Gasteiger partial charge in [0.1, 0.15) is 11.5 Å². The van der Waals surface area contributed by atoms with Gasteiger partial charge < -0.3 is 20.1 Å². The number of carbonyl (C=O) groups is 1. The van der Waals surface area contributed by atoms with Gasteiger partial charge in [0.2, 0.25) is 5.91 Å². The molecule has 0 radical (unpaired) electrons. The lowest BCUT2D eigenvalue weighted by atomic mass is 10.2. The lowest BCUT2D eigenvalue weighted by Crippen LogP contribution is -2.49.